The Morgan fingerprint density at radius 3 is 1.94 bits per heavy atom. The van der Waals surface area contributed by atoms with Crippen molar-refractivity contribution < 1.29 is 0 Å². The smallest absolute Gasteiger partial charge is 0.104 e. The second-order valence-electron chi connectivity index (χ2n) is 3.81. The zero-order chi connectivity index (χ0) is 13.0. The van der Waals surface area contributed by atoms with Crippen LogP contribution in [0.5, 0.6) is 0 Å². The van der Waals surface area contributed by atoms with Crippen LogP contribution in [0, 0.1) is 0 Å². The quantitative estimate of drug-likeness (QED) is 0.531. The average molecular weight is 407 g/mol. The van der Waals surface area contributed by atoms with Crippen molar-refractivity contribution in [2.45, 2.75) is 10.5 Å². The molecule has 1 unspecified atom stereocenters. The van der Waals surface area contributed by atoms with E-state index in [0.29, 0.717) is 0 Å². The number of hydrogen-bond acceptors (Lipinski definition) is 1. The molecule has 0 N–H and O–H groups in total. The van der Waals surface area contributed by atoms with Gasteiger partial charge in [0.25, 0.3) is 0 Å². The van der Waals surface area contributed by atoms with E-state index in [1.807, 2.05) is 12.1 Å². The molecular weight excluding hydrogens is 395 g/mol. The van der Waals surface area contributed by atoms with Gasteiger partial charge in [-0.25, -0.2) is 0 Å². The molecule has 0 spiro atoms. The summed E-state index contributed by atoms with van der Waals surface area (Å²) in [5.74, 6) is 0.914. The average Bonchev–Trinajstić information content (AvgIpc) is 2.38. The summed E-state index contributed by atoms with van der Waals surface area (Å²) >= 11 is 15.0. The van der Waals surface area contributed by atoms with E-state index >= 15 is 0 Å². The molecule has 0 aliphatic heterocycles. The molecule has 4 heteroatoms. The summed E-state index contributed by atoms with van der Waals surface area (Å²) in [5, 5.41) is 0. The van der Waals surface area contributed by atoms with Crippen molar-refractivity contribution >= 4 is 55.2 Å². The fourth-order valence-corrected chi connectivity index (χ4v) is 3.20. The van der Waals surface area contributed by atoms with E-state index in [0.717, 1.165) is 20.3 Å². The van der Waals surface area contributed by atoms with Crippen molar-refractivity contribution in [3.05, 3.63) is 68.6 Å². The van der Waals surface area contributed by atoms with E-state index in [2.05, 4.69) is 68.3 Å². The fourth-order valence-electron chi connectivity index (χ4n) is 1.46. The number of hydrogen-bond donors (Lipinski definition) is 0. The number of thioether (sulfide) groups is 1. The van der Waals surface area contributed by atoms with Gasteiger partial charge in [0.15, 0.2) is 0 Å². The molecule has 0 bridgehead atoms. The van der Waals surface area contributed by atoms with Gasteiger partial charge >= 0.3 is 0 Å². The van der Waals surface area contributed by atoms with Gasteiger partial charge in [0.2, 0.25) is 0 Å². The molecule has 18 heavy (non-hydrogen) atoms. The van der Waals surface area contributed by atoms with Gasteiger partial charge in [-0.15, -0.1) is 23.4 Å². The van der Waals surface area contributed by atoms with Crippen LogP contribution in [0.25, 0.3) is 0 Å². The molecule has 0 aliphatic rings. The molecule has 2 aromatic rings. The topological polar surface area (TPSA) is 0 Å². The highest BCUT2D eigenvalue weighted by Crippen LogP contribution is 2.35. The minimum Gasteiger partial charge on any atom is -0.133 e. The Labute approximate surface area is 133 Å². The lowest BCUT2D eigenvalue weighted by molar-refractivity contribution is 1.32. The van der Waals surface area contributed by atoms with Crippen molar-refractivity contribution in [2.75, 3.05) is 0 Å². The molecule has 2 rings (SSSR count). The van der Waals surface area contributed by atoms with Gasteiger partial charge in [-0.05, 0) is 35.4 Å². The summed E-state index contributed by atoms with van der Waals surface area (Å²) in [6.07, 6.45) is 0. The lowest BCUT2D eigenvalue weighted by Gasteiger charge is -2.10. The summed E-state index contributed by atoms with van der Waals surface area (Å²) in [6.45, 7) is 0. The molecule has 0 saturated carbocycles. The van der Waals surface area contributed by atoms with Gasteiger partial charge in [-0.2, -0.15) is 0 Å². The highest BCUT2D eigenvalue weighted by atomic mass is 79.9. The van der Waals surface area contributed by atoms with Crippen LogP contribution in [-0.2, 0) is 5.75 Å². The second kappa shape index (κ2) is 6.99. The molecule has 0 radical (unpaired) electrons. The zero-order valence-electron chi connectivity index (χ0n) is 9.45. The zero-order valence-corrected chi connectivity index (χ0v) is 14.2. The van der Waals surface area contributed by atoms with Crippen LogP contribution < -0.4 is 0 Å². The summed E-state index contributed by atoms with van der Waals surface area (Å²) in [5.41, 5.74) is 2.42. The Bertz CT molecular complexity index is 496. The van der Waals surface area contributed by atoms with Gasteiger partial charge in [-0.1, -0.05) is 56.1 Å². The molecule has 94 valence electrons. The molecule has 2 aromatic carbocycles. The molecule has 0 heterocycles. The van der Waals surface area contributed by atoms with Gasteiger partial charge in [0.1, 0.15) is 4.71 Å². The van der Waals surface area contributed by atoms with Crippen molar-refractivity contribution in [1.82, 2.24) is 0 Å². The van der Waals surface area contributed by atoms with Crippen molar-refractivity contribution in [3.63, 3.8) is 0 Å². The maximum atomic E-state index is 6.38. The van der Waals surface area contributed by atoms with Gasteiger partial charge < -0.3 is 0 Å². The Kier molecular flexibility index (Phi) is 5.61. The standard InChI is InChI=1S/C14H11Br2ClS/c15-12-5-1-10(2-6-12)9-18-14(17)11-3-7-13(16)8-4-11/h1-8,14H,9H2. The highest BCUT2D eigenvalue weighted by molar-refractivity contribution is 9.10. The third-order valence-electron chi connectivity index (χ3n) is 2.44. The number of rotatable bonds is 4. The lowest BCUT2D eigenvalue weighted by Crippen LogP contribution is -1.87. The van der Waals surface area contributed by atoms with E-state index in [1.165, 1.54) is 5.56 Å². The number of benzene rings is 2. The third-order valence-corrected chi connectivity index (χ3v) is 5.19. The van der Waals surface area contributed by atoms with Crippen LogP contribution >= 0.6 is 55.2 Å². The van der Waals surface area contributed by atoms with E-state index in [1.54, 1.807) is 11.8 Å². The Balaban J connectivity index is 1.93. The van der Waals surface area contributed by atoms with E-state index in [-0.39, 0.29) is 4.71 Å². The predicted molar refractivity (Wildman–Crippen MR) is 88.2 cm³/mol. The molecule has 0 nitrogen and oxygen atoms in total. The summed E-state index contributed by atoms with van der Waals surface area (Å²) in [7, 11) is 0. The van der Waals surface area contributed by atoms with E-state index in [4.69, 9.17) is 11.6 Å². The minimum absolute atomic E-state index is 0.0123. The first-order valence-corrected chi connectivity index (χ1v) is 8.48. The van der Waals surface area contributed by atoms with Crippen LogP contribution in [0.3, 0.4) is 0 Å². The summed E-state index contributed by atoms with van der Waals surface area (Å²) in [4.78, 5) is 0. The van der Waals surface area contributed by atoms with Crippen LogP contribution in [0.2, 0.25) is 0 Å². The lowest BCUT2D eigenvalue weighted by atomic mass is 10.2. The van der Waals surface area contributed by atoms with Gasteiger partial charge in [0.05, 0.1) is 0 Å². The van der Waals surface area contributed by atoms with Crippen LogP contribution in [0.15, 0.2) is 57.5 Å². The first-order chi connectivity index (χ1) is 8.65. The van der Waals surface area contributed by atoms with Crippen molar-refractivity contribution in [3.8, 4) is 0 Å². The Morgan fingerprint density at radius 2 is 1.39 bits per heavy atom. The second-order valence-corrected chi connectivity index (χ2v) is 7.43. The maximum Gasteiger partial charge on any atom is 0.104 e. The van der Waals surface area contributed by atoms with Crippen LogP contribution in [0.4, 0.5) is 0 Å². The molecule has 1 atom stereocenters. The molecule has 0 aromatic heterocycles. The maximum absolute atomic E-state index is 6.38. The first kappa shape index (κ1) is 14.4. The molecule has 0 amide bonds. The SMILES string of the molecule is ClC(SCc1ccc(Br)cc1)c1ccc(Br)cc1. The van der Waals surface area contributed by atoms with Crippen LogP contribution in [-0.4, -0.2) is 0 Å². The van der Waals surface area contributed by atoms with E-state index in [9.17, 15) is 0 Å². The van der Waals surface area contributed by atoms with Crippen molar-refractivity contribution in [1.29, 1.82) is 0 Å². The van der Waals surface area contributed by atoms with E-state index < -0.39 is 0 Å². The largest absolute Gasteiger partial charge is 0.133 e. The molecule has 0 fully saturated rings. The highest BCUT2D eigenvalue weighted by Gasteiger charge is 2.08. The first-order valence-electron chi connectivity index (χ1n) is 5.41. The fraction of sp³-hybridized carbons (Fsp3) is 0.143. The number of alkyl halides is 1. The molecular formula is C14H11Br2ClS. The third kappa shape index (κ3) is 4.30. The normalized spacial score (nSPS) is 12.4. The summed E-state index contributed by atoms with van der Waals surface area (Å²) in [6, 6.07) is 16.5. The summed E-state index contributed by atoms with van der Waals surface area (Å²) < 4.78 is 2.17. The monoisotopic (exact) mass is 404 g/mol. The Hall–Kier alpha value is 0.0400. The minimum atomic E-state index is -0.0123. The molecule has 0 aliphatic carbocycles. The predicted octanol–water partition coefficient (Wildman–Crippen LogP) is 6.38. The number of halogens is 3. The van der Waals surface area contributed by atoms with Gasteiger partial charge in [-0.3, -0.25) is 0 Å². The van der Waals surface area contributed by atoms with Crippen molar-refractivity contribution in [2.24, 2.45) is 0 Å². The Morgan fingerprint density at radius 1 is 0.889 bits per heavy atom. The van der Waals surface area contributed by atoms with Crippen LogP contribution in [0.1, 0.15) is 15.8 Å². The van der Waals surface area contributed by atoms with Gasteiger partial charge in [0, 0.05) is 14.7 Å². The molecule has 0 saturated heterocycles.